The van der Waals surface area contributed by atoms with Crippen LogP contribution >= 0.6 is 0 Å². The zero-order chi connectivity index (χ0) is 14.8. The quantitative estimate of drug-likeness (QED) is 0.855. The first kappa shape index (κ1) is 14.5. The predicted molar refractivity (Wildman–Crippen MR) is 83.3 cm³/mol. The van der Waals surface area contributed by atoms with Gasteiger partial charge in [0.1, 0.15) is 0 Å². The smallest absolute Gasteiger partial charge is 0.255 e. The second-order valence-corrected chi connectivity index (χ2v) is 6.57. The van der Waals surface area contributed by atoms with Crippen LogP contribution in [0.25, 0.3) is 0 Å². The lowest BCUT2D eigenvalue weighted by Gasteiger charge is -2.25. The molecule has 2 aliphatic rings. The topological polar surface area (TPSA) is 36.4 Å². The van der Waals surface area contributed by atoms with Crippen molar-refractivity contribution in [3.63, 3.8) is 0 Å². The van der Waals surface area contributed by atoms with E-state index in [0.717, 1.165) is 43.2 Å². The number of carbonyl (C=O) groups excluding carboxylic acids is 1. The zero-order valence-electron chi connectivity index (χ0n) is 13.1. The van der Waals surface area contributed by atoms with Crippen LogP contribution < -0.4 is 0 Å². The number of likely N-dealkylation sites (tertiary alicyclic amines) is 1. The van der Waals surface area contributed by atoms with Crippen molar-refractivity contribution in [3.8, 4) is 0 Å². The first-order valence-corrected chi connectivity index (χ1v) is 8.08. The summed E-state index contributed by atoms with van der Waals surface area (Å²) in [4.78, 5) is 21.3. The molecule has 0 saturated carbocycles. The molecule has 4 heteroatoms. The predicted octanol–water partition coefficient (Wildman–Crippen LogP) is 2.20. The maximum atomic E-state index is 12.4. The molecular formula is C17H25N3O. The number of aromatic nitrogens is 1. The van der Waals surface area contributed by atoms with Gasteiger partial charge in [0.2, 0.25) is 0 Å². The van der Waals surface area contributed by atoms with E-state index in [0.29, 0.717) is 5.92 Å². The van der Waals surface area contributed by atoms with Crippen molar-refractivity contribution in [2.75, 3.05) is 26.7 Å². The monoisotopic (exact) mass is 287 g/mol. The highest BCUT2D eigenvalue weighted by Crippen LogP contribution is 2.23. The Morgan fingerprint density at radius 2 is 2.29 bits per heavy atom. The van der Waals surface area contributed by atoms with Crippen molar-refractivity contribution in [1.82, 2.24) is 14.8 Å². The summed E-state index contributed by atoms with van der Waals surface area (Å²) in [6, 6.07) is 4.49. The minimum atomic E-state index is 0.121. The molecule has 1 fully saturated rings. The molecule has 2 atom stereocenters. The molecule has 2 aliphatic heterocycles. The largest absolute Gasteiger partial charge is 0.341 e. The van der Waals surface area contributed by atoms with Gasteiger partial charge in [-0.3, -0.25) is 9.78 Å². The van der Waals surface area contributed by atoms with E-state index in [1.807, 2.05) is 24.1 Å². The van der Waals surface area contributed by atoms with E-state index in [1.165, 1.54) is 19.4 Å². The summed E-state index contributed by atoms with van der Waals surface area (Å²) in [5, 5.41) is 0. The molecule has 1 aromatic rings. The van der Waals surface area contributed by atoms with Crippen LogP contribution in [0.2, 0.25) is 0 Å². The molecule has 2 unspecified atom stereocenters. The highest BCUT2D eigenvalue weighted by atomic mass is 16.2. The molecule has 1 aromatic heterocycles. The summed E-state index contributed by atoms with van der Waals surface area (Å²) in [5.41, 5.74) is 1.77. The van der Waals surface area contributed by atoms with Crippen molar-refractivity contribution in [1.29, 1.82) is 0 Å². The molecule has 3 rings (SSSR count). The van der Waals surface area contributed by atoms with E-state index in [1.54, 1.807) is 6.20 Å². The van der Waals surface area contributed by atoms with Gasteiger partial charge in [-0.15, -0.1) is 0 Å². The van der Waals surface area contributed by atoms with E-state index >= 15 is 0 Å². The highest BCUT2D eigenvalue weighted by molar-refractivity contribution is 5.95. The third-order valence-corrected chi connectivity index (χ3v) is 5.00. The molecule has 4 nitrogen and oxygen atoms in total. The van der Waals surface area contributed by atoms with E-state index in [4.69, 9.17) is 0 Å². The normalized spacial score (nSPS) is 26.8. The van der Waals surface area contributed by atoms with Crippen molar-refractivity contribution in [2.45, 2.75) is 38.6 Å². The van der Waals surface area contributed by atoms with E-state index in [9.17, 15) is 4.79 Å². The van der Waals surface area contributed by atoms with Gasteiger partial charge in [0.25, 0.3) is 5.91 Å². The Labute approximate surface area is 127 Å². The summed E-state index contributed by atoms with van der Waals surface area (Å²) < 4.78 is 0. The molecule has 0 aromatic carbocycles. The Balaban J connectivity index is 1.68. The highest BCUT2D eigenvalue weighted by Gasteiger charge is 2.27. The molecule has 3 heterocycles. The average Bonchev–Trinajstić information content (AvgIpc) is 2.84. The summed E-state index contributed by atoms with van der Waals surface area (Å²) in [7, 11) is 1.91. The van der Waals surface area contributed by atoms with Crippen molar-refractivity contribution in [2.24, 2.45) is 5.92 Å². The van der Waals surface area contributed by atoms with Crippen molar-refractivity contribution in [3.05, 3.63) is 29.6 Å². The number of nitrogens with zero attached hydrogens (tertiary/aromatic N) is 3. The number of pyridine rings is 1. The van der Waals surface area contributed by atoms with Crippen molar-refractivity contribution >= 4 is 5.91 Å². The van der Waals surface area contributed by atoms with Crippen LogP contribution in [0.4, 0.5) is 0 Å². The van der Waals surface area contributed by atoms with Gasteiger partial charge in [-0.05, 0) is 63.7 Å². The first-order chi connectivity index (χ1) is 10.1. The molecular weight excluding hydrogens is 262 g/mol. The average molecular weight is 287 g/mol. The minimum Gasteiger partial charge on any atom is -0.341 e. The third-order valence-electron chi connectivity index (χ3n) is 5.00. The van der Waals surface area contributed by atoms with Crippen LogP contribution in [0.15, 0.2) is 18.3 Å². The molecule has 1 saturated heterocycles. The molecule has 0 bridgehead atoms. The second kappa shape index (κ2) is 6.14. The number of hydrogen-bond acceptors (Lipinski definition) is 3. The molecule has 114 valence electrons. The van der Waals surface area contributed by atoms with Gasteiger partial charge in [0, 0.05) is 25.8 Å². The molecule has 0 spiro atoms. The van der Waals surface area contributed by atoms with Gasteiger partial charge in [-0.1, -0.05) is 0 Å². The Hall–Kier alpha value is -1.42. The summed E-state index contributed by atoms with van der Waals surface area (Å²) >= 11 is 0. The Morgan fingerprint density at radius 3 is 3.05 bits per heavy atom. The molecule has 1 amide bonds. The number of rotatable bonds is 3. The van der Waals surface area contributed by atoms with Gasteiger partial charge in [-0.25, -0.2) is 0 Å². The second-order valence-electron chi connectivity index (χ2n) is 6.57. The summed E-state index contributed by atoms with van der Waals surface area (Å²) in [5.74, 6) is 0.637. The standard InChI is InChI=1S/C17H25N3O/c1-13-5-4-9-20(13)10-7-14-11-16-15(6-3-8-18-16)17(21)19(2)12-14/h3,6,8,13-14H,4-5,7,9-12H2,1-2H3. The van der Waals surface area contributed by atoms with Crippen molar-refractivity contribution < 1.29 is 4.79 Å². The van der Waals surface area contributed by atoms with Gasteiger partial charge >= 0.3 is 0 Å². The van der Waals surface area contributed by atoms with Gasteiger partial charge in [0.15, 0.2) is 0 Å². The lowest BCUT2D eigenvalue weighted by molar-refractivity contribution is 0.0777. The van der Waals surface area contributed by atoms with Crippen LogP contribution in [-0.4, -0.2) is 53.4 Å². The number of carbonyl (C=O) groups is 1. The van der Waals surface area contributed by atoms with E-state index in [-0.39, 0.29) is 5.91 Å². The molecule has 0 N–H and O–H groups in total. The Kier molecular flexibility index (Phi) is 4.24. The maximum Gasteiger partial charge on any atom is 0.255 e. The molecule has 0 aliphatic carbocycles. The van der Waals surface area contributed by atoms with Gasteiger partial charge < -0.3 is 9.80 Å². The molecule has 0 radical (unpaired) electrons. The van der Waals surface area contributed by atoms with E-state index < -0.39 is 0 Å². The third kappa shape index (κ3) is 3.10. The maximum absolute atomic E-state index is 12.4. The fourth-order valence-corrected chi connectivity index (χ4v) is 3.68. The van der Waals surface area contributed by atoms with Crippen LogP contribution in [0.5, 0.6) is 0 Å². The number of amides is 1. The summed E-state index contributed by atoms with van der Waals surface area (Å²) in [6.45, 7) is 5.55. The zero-order valence-corrected chi connectivity index (χ0v) is 13.1. The lowest BCUT2D eigenvalue weighted by Crippen LogP contribution is -2.33. The fourth-order valence-electron chi connectivity index (χ4n) is 3.68. The molecule has 21 heavy (non-hydrogen) atoms. The number of hydrogen-bond donors (Lipinski definition) is 0. The van der Waals surface area contributed by atoms with Crippen LogP contribution in [0, 0.1) is 5.92 Å². The SMILES string of the molecule is CC1CCCN1CCC1Cc2ncccc2C(=O)N(C)C1. The Bertz CT molecular complexity index is 517. The van der Waals surface area contributed by atoms with Gasteiger partial charge in [0.05, 0.1) is 11.3 Å². The van der Waals surface area contributed by atoms with E-state index in [2.05, 4.69) is 16.8 Å². The fraction of sp³-hybridized carbons (Fsp3) is 0.647. The van der Waals surface area contributed by atoms with Crippen LogP contribution in [-0.2, 0) is 6.42 Å². The van der Waals surface area contributed by atoms with Crippen LogP contribution in [0.1, 0.15) is 42.2 Å². The minimum absolute atomic E-state index is 0.121. The Morgan fingerprint density at radius 1 is 1.43 bits per heavy atom. The lowest BCUT2D eigenvalue weighted by atomic mass is 9.98. The van der Waals surface area contributed by atoms with Gasteiger partial charge in [-0.2, -0.15) is 0 Å². The summed E-state index contributed by atoms with van der Waals surface area (Å²) in [6.07, 6.45) is 6.53. The van der Waals surface area contributed by atoms with Crippen LogP contribution in [0.3, 0.4) is 0 Å². The number of fused-ring (bicyclic) bond motifs is 1. The first-order valence-electron chi connectivity index (χ1n) is 8.08.